The van der Waals surface area contributed by atoms with Crippen molar-refractivity contribution in [2.75, 3.05) is 19.8 Å². The Hall–Kier alpha value is -0.940. The van der Waals surface area contributed by atoms with Gasteiger partial charge in [-0.1, -0.05) is 0 Å². The fourth-order valence-electron chi connectivity index (χ4n) is 2.54. The summed E-state index contributed by atoms with van der Waals surface area (Å²) in [5.74, 6) is 2.42. The first-order valence-electron chi connectivity index (χ1n) is 6.01. The monoisotopic (exact) mass is 223 g/mol. The second kappa shape index (κ2) is 4.14. The molecule has 2 unspecified atom stereocenters. The lowest BCUT2D eigenvalue weighted by atomic mass is 10.0. The number of ether oxygens (including phenoxy) is 1. The maximum atomic E-state index is 9.31. The normalized spacial score (nSPS) is 29.3. The molecule has 0 aliphatic carbocycles. The second-order valence-corrected chi connectivity index (χ2v) is 4.63. The van der Waals surface area contributed by atoms with Crippen molar-refractivity contribution < 1.29 is 9.84 Å². The van der Waals surface area contributed by atoms with Crippen LogP contribution < -0.4 is 0 Å². The SMILES string of the molecule is OCC1CCCn2nc(C3CCOC3)nc21. The predicted octanol–water partition coefficient (Wildman–Crippen LogP) is 0.652. The average Bonchev–Trinajstić information content (AvgIpc) is 2.96. The van der Waals surface area contributed by atoms with Crippen LogP contribution in [0.5, 0.6) is 0 Å². The Morgan fingerprint density at radius 1 is 1.44 bits per heavy atom. The second-order valence-electron chi connectivity index (χ2n) is 4.63. The zero-order valence-electron chi connectivity index (χ0n) is 9.30. The van der Waals surface area contributed by atoms with Gasteiger partial charge in [-0.3, -0.25) is 0 Å². The summed E-state index contributed by atoms with van der Waals surface area (Å²) in [7, 11) is 0. The molecule has 88 valence electrons. The molecule has 0 bridgehead atoms. The van der Waals surface area contributed by atoms with Gasteiger partial charge in [-0.2, -0.15) is 5.10 Å². The molecule has 2 aliphatic rings. The standard InChI is InChI=1S/C11H17N3O2/c15-6-8-2-1-4-14-11(8)12-10(13-14)9-3-5-16-7-9/h8-9,15H,1-7H2. The van der Waals surface area contributed by atoms with E-state index < -0.39 is 0 Å². The molecule has 0 amide bonds. The molecule has 5 nitrogen and oxygen atoms in total. The van der Waals surface area contributed by atoms with E-state index >= 15 is 0 Å². The van der Waals surface area contributed by atoms with Crippen LogP contribution in [0.2, 0.25) is 0 Å². The number of aliphatic hydroxyl groups is 1. The lowest BCUT2D eigenvalue weighted by Crippen LogP contribution is -2.19. The molecule has 1 saturated heterocycles. The van der Waals surface area contributed by atoms with Crippen LogP contribution in [0.3, 0.4) is 0 Å². The number of hydrogen-bond acceptors (Lipinski definition) is 4. The van der Waals surface area contributed by atoms with Gasteiger partial charge < -0.3 is 9.84 Å². The van der Waals surface area contributed by atoms with E-state index in [9.17, 15) is 5.11 Å². The molecule has 1 N–H and O–H groups in total. The van der Waals surface area contributed by atoms with Gasteiger partial charge in [0, 0.05) is 25.0 Å². The summed E-state index contributed by atoms with van der Waals surface area (Å²) in [4.78, 5) is 4.60. The Morgan fingerprint density at radius 2 is 2.38 bits per heavy atom. The first-order chi connectivity index (χ1) is 7.88. The summed E-state index contributed by atoms with van der Waals surface area (Å²) in [5.41, 5.74) is 0. The van der Waals surface area contributed by atoms with Crippen molar-refractivity contribution in [1.82, 2.24) is 14.8 Å². The Kier molecular flexibility index (Phi) is 2.65. The molecule has 3 rings (SSSR count). The van der Waals surface area contributed by atoms with Gasteiger partial charge in [-0.15, -0.1) is 0 Å². The molecule has 2 aliphatic heterocycles. The zero-order chi connectivity index (χ0) is 11.0. The third-order valence-corrected chi connectivity index (χ3v) is 3.52. The molecule has 16 heavy (non-hydrogen) atoms. The fourth-order valence-corrected chi connectivity index (χ4v) is 2.54. The van der Waals surface area contributed by atoms with Crippen molar-refractivity contribution in [3.8, 4) is 0 Å². The Balaban J connectivity index is 1.89. The van der Waals surface area contributed by atoms with E-state index in [0.717, 1.165) is 50.7 Å². The molecule has 1 aromatic heterocycles. The first-order valence-corrected chi connectivity index (χ1v) is 6.01. The smallest absolute Gasteiger partial charge is 0.156 e. The molecule has 0 aromatic carbocycles. The van der Waals surface area contributed by atoms with Crippen molar-refractivity contribution in [1.29, 1.82) is 0 Å². The Labute approximate surface area is 94.4 Å². The van der Waals surface area contributed by atoms with E-state index in [1.807, 2.05) is 4.68 Å². The quantitative estimate of drug-likeness (QED) is 0.799. The maximum absolute atomic E-state index is 9.31. The number of aliphatic hydroxyl groups excluding tert-OH is 1. The Bertz CT molecular complexity index is 371. The first kappa shape index (κ1) is 10.2. The zero-order valence-corrected chi connectivity index (χ0v) is 9.30. The summed E-state index contributed by atoms with van der Waals surface area (Å²) < 4.78 is 7.33. The van der Waals surface area contributed by atoms with E-state index in [-0.39, 0.29) is 12.5 Å². The van der Waals surface area contributed by atoms with Gasteiger partial charge in [-0.05, 0) is 19.3 Å². The van der Waals surface area contributed by atoms with Crippen molar-refractivity contribution >= 4 is 0 Å². The summed E-state index contributed by atoms with van der Waals surface area (Å²) in [6.07, 6.45) is 3.13. The van der Waals surface area contributed by atoms with Crippen LogP contribution in [0.15, 0.2) is 0 Å². The number of nitrogens with zero attached hydrogens (tertiary/aromatic N) is 3. The van der Waals surface area contributed by atoms with E-state index in [1.54, 1.807) is 0 Å². The van der Waals surface area contributed by atoms with Gasteiger partial charge in [0.1, 0.15) is 5.82 Å². The number of fused-ring (bicyclic) bond motifs is 1. The molecule has 1 fully saturated rings. The minimum atomic E-state index is 0.178. The van der Waals surface area contributed by atoms with Gasteiger partial charge in [0.25, 0.3) is 0 Å². The molecule has 0 radical (unpaired) electrons. The molecule has 5 heteroatoms. The minimum Gasteiger partial charge on any atom is -0.396 e. The van der Waals surface area contributed by atoms with E-state index in [1.165, 1.54) is 0 Å². The minimum absolute atomic E-state index is 0.178. The molecular formula is C11H17N3O2. The Morgan fingerprint density at radius 3 is 3.12 bits per heavy atom. The summed E-state index contributed by atoms with van der Waals surface area (Å²) >= 11 is 0. The largest absolute Gasteiger partial charge is 0.396 e. The van der Waals surface area contributed by atoms with Crippen molar-refractivity contribution in [3.63, 3.8) is 0 Å². The van der Waals surface area contributed by atoms with Gasteiger partial charge in [0.15, 0.2) is 5.82 Å². The van der Waals surface area contributed by atoms with Gasteiger partial charge in [0.05, 0.1) is 13.2 Å². The lowest BCUT2D eigenvalue weighted by molar-refractivity contribution is 0.193. The highest BCUT2D eigenvalue weighted by atomic mass is 16.5. The van der Waals surface area contributed by atoms with Crippen LogP contribution in [-0.4, -0.2) is 39.7 Å². The summed E-state index contributed by atoms with van der Waals surface area (Å²) in [5, 5.41) is 13.9. The van der Waals surface area contributed by atoms with Crippen LogP contribution in [-0.2, 0) is 11.3 Å². The third-order valence-electron chi connectivity index (χ3n) is 3.52. The molecule has 0 spiro atoms. The number of aromatic nitrogens is 3. The molecular weight excluding hydrogens is 206 g/mol. The van der Waals surface area contributed by atoms with E-state index in [2.05, 4.69) is 10.1 Å². The van der Waals surface area contributed by atoms with E-state index in [0.29, 0.717) is 5.92 Å². The van der Waals surface area contributed by atoms with Crippen LogP contribution in [0.4, 0.5) is 0 Å². The summed E-state index contributed by atoms with van der Waals surface area (Å²) in [6.45, 7) is 2.68. The highest BCUT2D eigenvalue weighted by molar-refractivity contribution is 5.07. The van der Waals surface area contributed by atoms with Gasteiger partial charge in [0.2, 0.25) is 0 Å². The van der Waals surface area contributed by atoms with Crippen molar-refractivity contribution in [3.05, 3.63) is 11.6 Å². The van der Waals surface area contributed by atoms with Crippen LogP contribution >= 0.6 is 0 Å². The van der Waals surface area contributed by atoms with Gasteiger partial charge >= 0.3 is 0 Å². The predicted molar refractivity (Wildman–Crippen MR) is 57.3 cm³/mol. The molecule has 2 atom stereocenters. The lowest BCUT2D eigenvalue weighted by Gasteiger charge is -2.19. The van der Waals surface area contributed by atoms with Crippen LogP contribution in [0.25, 0.3) is 0 Å². The average molecular weight is 223 g/mol. The number of aryl methyl sites for hydroxylation is 1. The number of rotatable bonds is 2. The highest BCUT2D eigenvalue weighted by Gasteiger charge is 2.28. The molecule has 0 saturated carbocycles. The maximum Gasteiger partial charge on any atom is 0.156 e. The van der Waals surface area contributed by atoms with Crippen molar-refractivity contribution in [2.45, 2.75) is 37.6 Å². The number of hydrogen-bond donors (Lipinski definition) is 1. The highest BCUT2D eigenvalue weighted by Crippen LogP contribution is 2.28. The van der Waals surface area contributed by atoms with Gasteiger partial charge in [-0.25, -0.2) is 9.67 Å². The fraction of sp³-hybridized carbons (Fsp3) is 0.818. The molecule has 3 heterocycles. The van der Waals surface area contributed by atoms with Crippen LogP contribution in [0, 0.1) is 0 Å². The molecule has 1 aromatic rings. The van der Waals surface area contributed by atoms with E-state index in [4.69, 9.17) is 4.74 Å². The topological polar surface area (TPSA) is 60.2 Å². The third kappa shape index (κ3) is 1.64. The van der Waals surface area contributed by atoms with Crippen LogP contribution in [0.1, 0.15) is 42.7 Å². The van der Waals surface area contributed by atoms with Crippen molar-refractivity contribution in [2.24, 2.45) is 0 Å². The summed E-state index contributed by atoms with van der Waals surface area (Å²) in [6, 6.07) is 0.